The molecule has 0 saturated heterocycles. The van der Waals surface area contributed by atoms with Crippen molar-refractivity contribution in [3.8, 4) is 11.1 Å². The van der Waals surface area contributed by atoms with E-state index < -0.39 is 5.56 Å². The van der Waals surface area contributed by atoms with Gasteiger partial charge in [0, 0.05) is 29.4 Å². The lowest BCUT2D eigenvalue weighted by molar-refractivity contribution is 0.0926. The third kappa shape index (κ3) is 4.59. The van der Waals surface area contributed by atoms with E-state index >= 15 is 0 Å². The Kier molecular flexibility index (Phi) is 6.16. The molecule has 5 rings (SSSR count). The van der Waals surface area contributed by atoms with Gasteiger partial charge in [0.05, 0.1) is 12.2 Å². The molecule has 1 aliphatic rings. The standard InChI is InChI=1S/C27H25FN4O2/c28-21-11-9-18(10-12-21)20-14-19-15-24(26(33)31-22-6-2-1-3-7-22)27(34)32(25(19)30-16-20)17-23-8-4-5-13-29-23/h4-5,8-16,22H,1-3,6-7,17H2,(H,31,33). The number of nitrogens with zero attached hydrogens (tertiary/aromatic N) is 3. The van der Waals surface area contributed by atoms with E-state index in [-0.39, 0.29) is 29.9 Å². The van der Waals surface area contributed by atoms with E-state index in [9.17, 15) is 14.0 Å². The Hall–Kier alpha value is -3.87. The number of aromatic nitrogens is 3. The Morgan fingerprint density at radius 1 is 1.00 bits per heavy atom. The van der Waals surface area contributed by atoms with Crippen LogP contribution >= 0.6 is 0 Å². The van der Waals surface area contributed by atoms with Crippen molar-refractivity contribution < 1.29 is 9.18 Å². The second-order valence-electron chi connectivity index (χ2n) is 8.72. The van der Waals surface area contributed by atoms with E-state index in [0.717, 1.165) is 36.8 Å². The summed E-state index contributed by atoms with van der Waals surface area (Å²) in [5.74, 6) is -0.677. The van der Waals surface area contributed by atoms with Gasteiger partial charge in [-0.2, -0.15) is 0 Å². The van der Waals surface area contributed by atoms with E-state index in [1.165, 1.54) is 23.1 Å². The van der Waals surface area contributed by atoms with Gasteiger partial charge in [0.25, 0.3) is 11.5 Å². The minimum atomic E-state index is -0.395. The first-order valence-corrected chi connectivity index (χ1v) is 11.6. The van der Waals surface area contributed by atoms with Crippen LogP contribution < -0.4 is 10.9 Å². The van der Waals surface area contributed by atoms with Crippen molar-refractivity contribution in [3.63, 3.8) is 0 Å². The highest BCUT2D eigenvalue weighted by molar-refractivity contribution is 5.97. The first kappa shape index (κ1) is 21.9. The molecule has 1 N–H and O–H groups in total. The average molecular weight is 457 g/mol. The summed E-state index contributed by atoms with van der Waals surface area (Å²) in [6.07, 6.45) is 8.52. The zero-order valence-corrected chi connectivity index (χ0v) is 18.7. The highest BCUT2D eigenvalue weighted by Crippen LogP contribution is 2.24. The molecule has 0 aliphatic heterocycles. The van der Waals surface area contributed by atoms with Gasteiger partial charge in [-0.1, -0.05) is 37.5 Å². The van der Waals surface area contributed by atoms with Crippen LogP contribution in [0.1, 0.15) is 48.2 Å². The average Bonchev–Trinajstić information content (AvgIpc) is 2.87. The SMILES string of the molecule is O=C(NC1CCCCC1)c1cc2cc(-c3ccc(F)cc3)cnc2n(Cc2ccccn2)c1=O. The molecular weight excluding hydrogens is 431 g/mol. The van der Waals surface area contributed by atoms with Crippen LogP contribution in [0.3, 0.4) is 0 Å². The molecule has 1 aromatic carbocycles. The van der Waals surface area contributed by atoms with Gasteiger partial charge >= 0.3 is 0 Å². The number of hydrogen-bond donors (Lipinski definition) is 1. The van der Waals surface area contributed by atoms with Crippen molar-refractivity contribution in [2.75, 3.05) is 0 Å². The lowest BCUT2D eigenvalue weighted by atomic mass is 9.95. The normalized spacial score (nSPS) is 14.3. The molecule has 0 spiro atoms. The van der Waals surface area contributed by atoms with Crippen molar-refractivity contribution in [2.45, 2.75) is 44.7 Å². The van der Waals surface area contributed by atoms with Crippen molar-refractivity contribution in [1.29, 1.82) is 0 Å². The fourth-order valence-corrected chi connectivity index (χ4v) is 4.54. The maximum atomic E-state index is 13.5. The maximum Gasteiger partial charge on any atom is 0.265 e. The van der Waals surface area contributed by atoms with Gasteiger partial charge in [0.15, 0.2) is 0 Å². The molecule has 1 fully saturated rings. The van der Waals surface area contributed by atoms with Crippen molar-refractivity contribution in [1.82, 2.24) is 19.9 Å². The van der Waals surface area contributed by atoms with Crippen molar-refractivity contribution in [3.05, 3.63) is 94.4 Å². The second-order valence-corrected chi connectivity index (χ2v) is 8.72. The third-order valence-electron chi connectivity index (χ3n) is 6.34. The van der Waals surface area contributed by atoms with Gasteiger partial charge in [0.1, 0.15) is 17.0 Å². The topological polar surface area (TPSA) is 76.9 Å². The molecular formula is C27H25FN4O2. The molecule has 1 saturated carbocycles. The number of amides is 1. The summed E-state index contributed by atoms with van der Waals surface area (Å²) in [6.45, 7) is 0.198. The zero-order valence-electron chi connectivity index (χ0n) is 18.7. The van der Waals surface area contributed by atoms with Gasteiger partial charge in [-0.3, -0.25) is 19.1 Å². The number of nitrogens with one attached hydrogen (secondary N) is 1. The molecule has 7 heteroatoms. The molecule has 0 bridgehead atoms. The maximum absolute atomic E-state index is 13.5. The molecule has 172 valence electrons. The number of carbonyl (C=O) groups is 1. The molecule has 34 heavy (non-hydrogen) atoms. The highest BCUT2D eigenvalue weighted by atomic mass is 19.1. The minimum Gasteiger partial charge on any atom is -0.349 e. The van der Waals surface area contributed by atoms with Crippen LogP contribution in [0, 0.1) is 5.82 Å². The van der Waals surface area contributed by atoms with Crippen LogP contribution in [0.25, 0.3) is 22.2 Å². The number of fused-ring (bicyclic) bond motifs is 1. The van der Waals surface area contributed by atoms with E-state index in [2.05, 4.69) is 15.3 Å². The van der Waals surface area contributed by atoms with Crippen LogP contribution in [0.15, 0.2) is 71.8 Å². The van der Waals surface area contributed by atoms with Crippen molar-refractivity contribution >= 4 is 16.9 Å². The Labute approximate surface area is 196 Å². The molecule has 0 atom stereocenters. The number of halogens is 1. The summed E-state index contributed by atoms with van der Waals surface area (Å²) in [4.78, 5) is 35.5. The first-order valence-electron chi connectivity index (χ1n) is 11.6. The Balaban J connectivity index is 1.60. The largest absolute Gasteiger partial charge is 0.349 e. The lowest BCUT2D eigenvalue weighted by Crippen LogP contribution is -2.40. The molecule has 3 heterocycles. The highest BCUT2D eigenvalue weighted by Gasteiger charge is 2.21. The minimum absolute atomic E-state index is 0.0873. The number of pyridine rings is 3. The molecule has 0 radical (unpaired) electrons. The van der Waals surface area contributed by atoms with E-state index in [1.807, 2.05) is 24.3 Å². The molecule has 6 nitrogen and oxygen atoms in total. The summed E-state index contributed by atoms with van der Waals surface area (Å²) in [5.41, 5.74) is 2.43. The summed E-state index contributed by atoms with van der Waals surface area (Å²) < 4.78 is 14.9. The predicted octanol–water partition coefficient (Wildman–Crippen LogP) is 4.71. The summed E-state index contributed by atoms with van der Waals surface area (Å²) in [7, 11) is 0. The van der Waals surface area contributed by atoms with Gasteiger partial charge < -0.3 is 5.32 Å². The third-order valence-corrected chi connectivity index (χ3v) is 6.34. The first-order chi connectivity index (χ1) is 16.6. The van der Waals surface area contributed by atoms with Crippen LogP contribution in [0.5, 0.6) is 0 Å². The summed E-state index contributed by atoms with van der Waals surface area (Å²) in [5, 5.41) is 3.71. The zero-order chi connectivity index (χ0) is 23.5. The molecule has 1 amide bonds. The predicted molar refractivity (Wildman–Crippen MR) is 129 cm³/mol. The number of rotatable bonds is 5. The summed E-state index contributed by atoms with van der Waals surface area (Å²) in [6, 6.07) is 15.2. The van der Waals surface area contributed by atoms with Crippen molar-refractivity contribution in [2.24, 2.45) is 0 Å². The Bertz CT molecular complexity index is 1380. The van der Waals surface area contributed by atoms with Gasteiger partial charge in [0.2, 0.25) is 0 Å². The monoisotopic (exact) mass is 456 g/mol. The lowest BCUT2D eigenvalue weighted by Gasteiger charge is -2.23. The molecule has 3 aromatic heterocycles. The van der Waals surface area contributed by atoms with Crippen LogP contribution in [0.2, 0.25) is 0 Å². The van der Waals surface area contributed by atoms with Crippen LogP contribution in [-0.4, -0.2) is 26.5 Å². The number of benzene rings is 1. The van der Waals surface area contributed by atoms with Crippen LogP contribution in [0.4, 0.5) is 4.39 Å². The van der Waals surface area contributed by atoms with Gasteiger partial charge in [-0.05, 0) is 54.8 Å². The fraction of sp³-hybridized carbons (Fsp3) is 0.259. The number of hydrogen-bond acceptors (Lipinski definition) is 4. The van der Waals surface area contributed by atoms with Gasteiger partial charge in [-0.25, -0.2) is 9.37 Å². The second kappa shape index (κ2) is 9.55. The molecule has 4 aromatic rings. The number of carbonyl (C=O) groups excluding carboxylic acids is 1. The molecule has 1 aliphatic carbocycles. The van der Waals surface area contributed by atoms with E-state index in [1.54, 1.807) is 30.6 Å². The smallest absolute Gasteiger partial charge is 0.265 e. The summed E-state index contributed by atoms with van der Waals surface area (Å²) >= 11 is 0. The van der Waals surface area contributed by atoms with Gasteiger partial charge in [-0.15, -0.1) is 0 Å². The Morgan fingerprint density at radius 3 is 2.53 bits per heavy atom. The quantitative estimate of drug-likeness (QED) is 0.472. The fourth-order valence-electron chi connectivity index (χ4n) is 4.54. The Morgan fingerprint density at radius 2 is 1.79 bits per heavy atom. The molecule has 0 unspecified atom stereocenters. The van der Waals surface area contributed by atoms with Crippen LogP contribution in [-0.2, 0) is 6.54 Å². The van der Waals surface area contributed by atoms with E-state index in [0.29, 0.717) is 16.7 Å². The van der Waals surface area contributed by atoms with E-state index in [4.69, 9.17) is 0 Å².